The number of aliphatic hydroxyl groups excluding tert-OH is 1. The number of hydrogen-bond donors (Lipinski definition) is 1. The second-order valence-electron chi connectivity index (χ2n) is 4.00. The summed E-state index contributed by atoms with van der Waals surface area (Å²) >= 11 is 0. The van der Waals surface area contributed by atoms with Crippen LogP contribution in [-0.4, -0.2) is 23.7 Å². The fraction of sp³-hybridized carbons (Fsp3) is 0.462. The molecule has 1 heterocycles. The van der Waals surface area contributed by atoms with Crippen molar-refractivity contribution < 1.29 is 9.84 Å². The van der Waals surface area contributed by atoms with Crippen LogP contribution in [0.25, 0.3) is 0 Å². The lowest BCUT2D eigenvalue weighted by Crippen LogP contribution is -2.02. The number of aliphatic imine (C=N–C) groups is 1. The normalized spacial score (nSPS) is 19.6. The first-order valence-electron chi connectivity index (χ1n) is 5.73. The molecule has 1 aromatic rings. The van der Waals surface area contributed by atoms with Gasteiger partial charge in [0, 0.05) is 13.0 Å². The van der Waals surface area contributed by atoms with Gasteiger partial charge in [0.25, 0.3) is 0 Å². The van der Waals surface area contributed by atoms with Crippen LogP contribution >= 0.6 is 0 Å². The molecule has 3 heteroatoms. The highest BCUT2D eigenvalue weighted by atomic mass is 16.5. The van der Waals surface area contributed by atoms with Gasteiger partial charge in [-0.3, -0.25) is 4.99 Å². The molecule has 1 atom stereocenters. The molecular formula is C13H17NO2. The van der Waals surface area contributed by atoms with Crippen molar-refractivity contribution in [1.82, 2.24) is 0 Å². The van der Waals surface area contributed by atoms with Gasteiger partial charge in [-0.25, -0.2) is 0 Å². The molecule has 1 unspecified atom stereocenters. The third-order valence-corrected chi connectivity index (χ3v) is 2.73. The molecule has 0 aliphatic carbocycles. The summed E-state index contributed by atoms with van der Waals surface area (Å²) < 4.78 is 5.63. The summed E-state index contributed by atoms with van der Waals surface area (Å²) in [6, 6.07) is 10.3. The quantitative estimate of drug-likeness (QED) is 0.843. The van der Waals surface area contributed by atoms with Crippen molar-refractivity contribution in [3.05, 3.63) is 35.9 Å². The minimum Gasteiger partial charge on any atom is -0.476 e. The van der Waals surface area contributed by atoms with E-state index in [0.717, 1.165) is 30.7 Å². The van der Waals surface area contributed by atoms with Crippen LogP contribution in [0.5, 0.6) is 0 Å². The van der Waals surface area contributed by atoms with Gasteiger partial charge in [-0.1, -0.05) is 30.3 Å². The van der Waals surface area contributed by atoms with E-state index in [4.69, 9.17) is 9.84 Å². The molecule has 0 saturated heterocycles. The topological polar surface area (TPSA) is 41.8 Å². The molecule has 0 bridgehead atoms. The first-order valence-corrected chi connectivity index (χ1v) is 5.73. The molecular weight excluding hydrogens is 202 g/mol. The average Bonchev–Trinajstić information content (AvgIpc) is 2.76. The molecule has 0 saturated carbocycles. The maximum atomic E-state index is 8.81. The van der Waals surface area contributed by atoms with Crippen molar-refractivity contribution >= 4 is 5.90 Å². The Morgan fingerprint density at radius 3 is 2.88 bits per heavy atom. The Labute approximate surface area is 95.8 Å². The number of benzene rings is 1. The molecule has 1 aliphatic heterocycles. The predicted octanol–water partition coefficient (Wildman–Crippen LogP) is 2.15. The summed E-state index contributed by atoms with van der Waals surface area (Å²) in [4.78, 5) is 4.43. The van der Waals surface area contributed by atoms with E-state index in [9.17, 15) is 0 Å². The van der Waals surface area contributed by atoms with Crippen LogP contribution in [0, 0.1) is 0 Å². The van der Waals surface area contributed by atoms with Gasteiger partial charge in [-0.15, -0.1) is 0 Å². The van der Waals surface area contributed by atoms with Gasteiger partial charge in [0.05, 0.1) is 6.04 Å². The third kappa shape index (κ3) is 3.07. The molecule has 1 aliphatic rings. The fourth-order valence-corrected chi connectivity index (χ4v) is 1.83. The maximum Gasteiger partial charge on any atom is 0.183 e. The van der Waals surface area contributed by atoms with Crippen LogP contribution in [0.1, 0.15) is 24.8 Å². The molecule has 0 radical (unpaired) electrons. The molecule has 0 amide bonds. The van der Waals surface area contributed by atoms with E-state index in [-0.39, 0.29) is 12.6 Å². The standard InChI is InChI=1S/C13H17NO2/c15-9-8-12-6-7-13(14-12)16-10-11-4-2-1-3-5-11/h1-5,12,15H,6-10H2. The first kappa shape index (κ1) is 11.1. The maximum absolute atomic E-state index is 8.81. The van der Waals surface area contributed by atoms with Crippen molar-refractivity contribution in [3.63, 3.8) is 0 Å². The van der Waals surface area contributed by atoms with Crippen molar-refractivity contribution in [3.8, 4) is 0 Å². The summed E-state index contributed by atoms with van der Waals surface area (Å²) in [6.45, 7) is 0.797. The van der Waals surface area contributed by atoms with E-state index in [1.807, 2.05) is 30.3 Å². The van der Waals surface area contributed by atoms with E-state index < -0.39 is 0 Å². The molecule has 1 N–H and O–H groups in total. The molecule has 0 aromatic heterocycles. The Morgan fingerprint density at radius 1 is 1.31 bits per heavy atom. The van der Waals surface area contributed by atoms with Crippen molar-refractivity contribution in [2.45, 2.75) is 31.9 Å². The zero-order valence-electron chi connectivity index (χ0n) is 9.30. The number of rotatable bonds is 4. The van der Waals surface area contributed by atoms with Gasteiger partial charge in [-0.2, -0.15) is 0 Å². The number of nitrogens with zero attached hydrogens (tertiary/aromatic N) is 1. The molecule has 3 nitrogen and oxygen atoms in total. The lowest BCUT2D eigenvalue weighted by molar-refractivity contribution is 0.275. The Balaban J connectivity index is 1.81. The number of aliphatic hydroxyl groups is 1. The Morgan fingerprint density at radius 2 is 2.12 bits per heavy atom. The minimum absolute atomic E-state index is 0.208. The van der Waals surface area contributed by atoms with Crippen molar-refractivity contribution in [1.29, 1.82) is 0 Å². The summed E-state index contributed by atoms with van der Waals surface area (Å²) in [5.74, 6) is 0.835. The molecule has 2 rings (SSSR count). The van der Waals surface area contributed by atoms with Gasteiger partial charge in [-0.05, 0) is 18.4 Å². The lowest BCUT2D eigenvalue weighted by Gasteiger charge is -2.04. The van der Waals surface area contributed by atoms with Crippen LogP contribution < -0.4 is 0 Å². The fourth-order valence-electron chi connectivity index (χ4n) is 1.83. The van der Waals surface area contributed by atoms with Crippen LogP contribution in [-0.2, 0) is 11.3 Å². The first-order chi connectivity index (χ1) is 7.88. The zero-order chi connectivity index (χ0) is 11.2. The molecule has 1 aromatic carbocycles. The van der Waals surface area contributed by atoms with Crippen LogP contribution in [0.3, 0.4) is 0 Å². The van der Waals surface area contributed by atoms with Crippen molar-refractivity contribution in [2.75, 3.05) is 6.61 Å². The highest BCUT2D eigenvalue weighted by Gasteiger charge is 2.17. The SMILES string of the molecule is OCCC1CCC(OCc2ccccc2)=N1. The van der Waals surface area contributed by atoms with E-state index in [2.05, 4.69) is 4.99 Å². The summed E-state index contributed by atoms with van der Waals surface area (Å²) in [5, 5.41) is 8.81. The Hall–Kier alpha value is -1.35. The van der Waals surface area contributed by atoms with Crippen LogP contribution in [0.4, 0.5) is 0 Å². The Kier molecular flexibility index (Phi) is 3.94. The zero-order valence-corrected chi connectivity index (χ0v) is 9.30. The third-order valence-electron chi connectivity index (χ3n) is 2.73. The van der Waals surface area contributed by atoms with Gasteiger partial charge >= 0.3 is 0 Å². The van der Waals surface area contributed by atoms with E-state index >= 15 is 0 Å². The molecule has 16 heavy (non-hydrogen) atoms. The van der Waals surface area contributed by atoms with Gasteiger partial charge in [0.2, 0.25) is 0 Å². The summed E-state index contributed by atoms with van der Waals surface area (Å²) in [7, 11) is 0. The van der Waals surface area contributed by atoms with Gasteiger partial charge < -0.3 is 9.84 Å². The molecule has 0 fully saturated rings. The van der Waals surface area contributed by atoms with Gasteiger partial charge in [0.1, 0.15) is 6.61 Å². The Bertz CT molecular complexity index is 348. The minimum atomic E-state index is 0.208. The second-order valence-corrected chi connectivity index (χ2v) is 4.00. The lowest BCUT2D eigenvalue weighted by atomic mass is 10.1. The second kappa shape index (κ2) is 5.66. The van der Waals surface area contributed by atoms with E-state index in [1.165, 1.54) is 0 Å². The van der Waals surface area contributed by atoms with E-state index in [1.54, 1.807) is 0 Å². The number of hydrogen-bond acceptors (Lipinski definition) is 3. The highest BCUT2D eigenvalue weighted by Crippen LogP contribution is 2.17. The smallest absolute Gasteiger partial charge is 0.183 e. The average molecular weight is 219 g/mol. The largest absolute Gasteiger partial charge is 0.476 e. The predicted molar refractivity (Wildman–Crippen MR) is 63.4 cm³/mol. The van der Waals surface area contributed by atoms with Crippen molar-refractivity contribution in [2.24, 2.45) is 4.99 Å². The number of ether oxygens (including phenoxy) is 1. The van der Waals surface area contributed by atoms with E-state index in [0.29, 0.717) is 6.61 Å². The van der Waals surface area contributed by atoms with Gasteiger partial charge in [0.15, 0.2) is 5.90 Å². The summed E-state index contributed by atoms with van der Waals surface area (Å²) in [6.07, 6.45) is 2.65. The molecule has 0 spiro atoms. The monoisotopic (exact) mass is 219 g/mol. The summed E-state index contributed by atoms with van der Waals surface area (Å²) in [5.41, 5.74) is 1.16. The molecule has 86 valence electrons. The van der Waals surface area contributed by atoms with Crippen LogP contribution in [0.15, 0.2) is 35.3 Å². The van der Waals surface area contributed by atoms with Crippen LogP contribution in [0.2, 0.25) is 0 Å². The highest BCUT2D eigenvalue weighted by molar-refractivity contribution is 5.78.